The zero-order valence-electron chi connectivity index (χ0n) is 13.7. The Balaban J connectivity index is 1.80. The van der Waals surface area contributed by atoms with Crippen LogP contribution in [0.15, 0.2) is 0 Å². The molecule has 1 N–H and O–H groups in total. The zero-order valence-corrected chi connectivity index (χ0v) is 13.7. The maximum atomic E-state index is 13.2. The number of amides is 1. The molecule has 5 nitrogen and oxygen atoms in total. The number of carbonyl (C=O) groups excluding carboxylic acids is 1. The quantitative estimate of drug-likeness (QED) is 0.845. The summed E-state index contributed by atoms with van der Waals surface area (Å²) in [6.45, 7) is 8.93. The fourth-order valence-electron chi connectivity index (χ4n) is 2.81. The molecule has 1 amide bonds. The second-order valence-corrected chi connectivity index (χ2v) is 7.23. The molecule has 0 spiro atoms. The van der Waals surface area contributed by atoms with E-state index in [2.05, 4.69) is 5.32 Å². The van der Waals surface area contributed by atoms with Crippen molar-refractivity contribution in [2.75, 3.05) is 39.3 Å². The van der Waals surface area contributed by atoms with E-state index in [9.17, 15) is 13.6 Å². The first-order chi connectivity index (χ1) is 10.1. The Labute approximate surface area is 131 Å². The van der Waals surface area contributed by atoms with Gasteiger partial charge in [-0.2, -0.15) is 0 Å². The van der Waals surface area contributed by atoms with E-state index in [4.69, 9.17) is 4.74 Å². The van der Waals surface area contributed by atoms with Gasteiger partial charge in [-0.3, -0.25) is 0 Å². The van der Waals surface area contributed by atoms with E-state index in [-0.39, 0.29) is 25.0 Å². The first-order valence-corrected chi connectivity index (χ1v) is 7.96. The highest BCUT2D eigenvalue weighted by Gasteiger charge is 2.35. The van der Waals surface area contributed by atoms with Crippen LogP contribution < -0.4 is 5.32 Å². The second kappa shape index (κ2) is 6.66. The lowest BCUT2D eigenvalue weighted by molar-refractivity contribution is -0.0572. The maximum absolute atomic E-state index is 13.2. The molecule has 2 fully saturated rings. The molecule has 0 radical (unpaired) electrons. The Hall–Kier alpha value is -0.950. The number of nitrogens with one attached hydrogen (secondary N) is 1. The molecule has 0 aromatic carbocycles. The van der Waals surface area contributed by atoms with E-state index in [0.717, 1.165) is 0 Å². The molecular weight excluding hydrogens is 292 g/mol. The van der Waals surface area contributed by atoms with Crippen LogP contribution in [0.5, 0.6) is 0 Å². The minimum absolute atomic E-state index is 0.0739. The number of carbonyl (C=O) groups is 1. The highest BCUT2D eigenvalue weighted by atomic mass is 19.3. The smallest absolute Gasteiger partial charge is 0.410 e. The molecule has 1 unspecified atom stereocenters. The van der Waals surface area contributed by atoms with Gasteiger partial charge >= 0.3 is 6.09 Å². The Kier molecular flexibility index (Phi) is 5.27. The van der Waals surface area contributed by atoms with Gasteiger partial charge in [0, 0.05) is 58.2 Å². The fourth-order valence-corrected chi connectivity index (χ4v) is 2.81. The molecule has 0 saturated carbocycles. The number of ether oxygens (including phenoxy) is 1. The summed E-state index contributed by atoms with van der Waals surface area (Å²) in [6.07, 6.45) is -0.450. The molecule has 2 heterocycles. The summed E-state index contributed by atoms with van der Waals surface area (Å²) in [5.41, 5.74) is -0.504. The predicted octanol–water partition coefficient (Wildman–Crippen LogP) is 1.93. The minimum Gasteiger partial charge on any atom is -0.444 e. The Morgan fingerprint density at radius 2 is 1.91 bits per heavy atom. The number of alkyl halides is 2. The van der Waals surface area contributed by atoms with Crippen LogP contribution in [0.1, 0.15) is 33.6 Å². The van der Waals surface area contributed by atoms with Crippen molar-refractivity contribution in [3.8, 4) is 0 Å². The monoisotopic (exact) mass is 319 g/mol. The summed E-state index contributed by atoms with van der Waals surface area (Å²) in [6, 6.07) is 0.105. The minimum atomic E-state index is -2.51. The van der Waals surface area contributed by atoms with Gasteiger partial charge in [-0.25, -0.2) is 13.6 Å². The van der Waals surface area contributed by atoms with Gasteiger partial charge in [-0.1, -0.05) is 0 Å². The summed E-state index contributed by atoms with van der Waals surface area (Å²) in [5.74, 6) is -2.51. The summed E-state index contributed by atoms with van der Waals surface area (Å²) < 4.78 is 31.7. The number of hydrogen-bond acceptors (Lipinski definition) is 4. The standard InChI is InChI=1S/C15H27F2N3O2/c1-14(2,3)22-13(21)20-9-6-18-12(11-20)10-19-7-4-15(16,17)5-8-19/h12,18H,4-11H2,1-3H3. The third-order valence-corrected chi connectivity index (χ3v) is 3.97. The lowest BCUT2D eigenvalue weighted by Gasteiger charge is -2.39. The van der Waals surface area contributed by atoms with Crippen molar-refractivity contribution in [3.05, 3.63) is 0 Å². The molecule has 0 aromatic heterocycles. The van der Waals surface area contributed by atoms with Gasteiger partial charge in [0.15, 0.2) is 0 Å². The average molecular weight is 319 g/mol. The highest BCUT2D eigenvalue weighted by Crippen LogP contribution is 2.27. The zero-order chi connectivity index (χ0) is 16.4. The van der Waals surface area contributed by atoms with Gasteiger partial charge < -0.3 is 19.9 Å². The van der Waals surface area contributed by atoms with Crippen molar-refractivity contribution in [1.29, 1.82) is 0 Å². The van der Waals surface area contributed by atoms with E-state index < -0.39 is 11.5 Å². The molecular formula is C15H27F2N3O2. The average Bonchev–Trinajstić information content (AvgIpc) is 2.40. The number of hydrogen-bond donors (Lipinski definition) is 1. The molecule has 0 aromatic rings. The van der Waals surface area contributed by atoms with E-state index in [1.54, 1.807) is 4.90 Å². The van der Waals surface area contributed by atoms with Gasteiger partial charge in [0.25, 0.3) is 5.92 Å². The van der Waals surface area contributed by atoms with Gasteiger partial charge in [-0.15, -0.1) is 0 Å². The topological polar surface area (TPSA) is 44.8 Å². The number of rotatable bonds is 2. The van der Waals surface area contributed by atoms with E-state index in [1.165, 1.54) is 0 Å². The molecule has 2 aliphatic rings. The van der Waals surface area contributed by atoms with Crippen molar-refractivity contribution >= 4 is 6.09 Å². The number of piperidine rings is 1. The number of piperazine rings is 1. The molecule has 2 aliphatic heterocycles. The largest absolute Gasteiger partial charge is 0.444 e. The third kappa shape index (κ3) is 5.35. The molecule has 22 heavy (non-hydrogen) atoms. The maximum Gasteiger partial charge on any atom is 0.410 e. The van der Waals surface area contributed by atoms with Crippen LogP contribution in [0.3, 0.4) is 0 Å². The molecule has 128 valence electrons. The lowest BCUT2D eigenvalue weighted by Crippen LogP contribution is -2.57. The van der Waals surface area contributed by atoms with Crippen LogP contribution in [0.25, 0.3) is 0 Å². The number of nitrogens with zero attached hydrogens (tertiary/aromatic N) is 2. The van der Waals surface area contributed by atoms with Crippen molar-refractivity contribution in [2.24, 2.45) is 0 Å². The van der Waals surface area contributed by atoms with Crippen LogP contribution >= 0.6 is 0 Å². The lowest BCUT2D eigenvalue weighted by atomic mass is 10.1. The van der Waals surface area contributed by atoms with Gasteiger partial charge in [-0.05, 0) is 20.8 Å². The molecule has 2 saturated heterocycles. The molecule has 2 rings (SSSR count). The normalized spacial score (nSPS) is 26.8. The van der Waals surface area contributed by atoms with Crippen LogP contribution in [-0.4, -0.2) is 72.7 Å². The van der Waals surface area contributed by atoms with Crippen LogP contribution in [-0.2, 0) is 4.74 Å². The second-order valence-electron chi connectivity index (χ2n) is 7.23. The molecule has 0 aliphatic carbocycles. The third-order valence-electron chi connectivity index (χ3n) is 3.97. The van der Waals surface area contributed by atoms with Crippen molar-refractivity contribution in [2.45, 2.75) is 51.2 Å². The van der Waals surface area contributed by atoms with Crippen LogP contribution in [0, 0.1) is 0 Å². The Bertz CT molecular complexity index is 389. The number of likely N-dealkylation sites (tertiary alicyclic amines) is 1. The van der Waals surface area contributed by atoms with Gasteiger partial charge in [0.2, 0.25) is 0 Å². The Morgan fingerprint density at radius 1 is 1.27 bits per heavy atom. The first kappa shape index (κ1) is 17.4. The van der Waals surface area contributed by atoms with Crippen LogP contribution in [0.4, 0.5) is 13.6 Å². The van der Waals surface area contributed by atoms with Crippen molar-refractivity contribution in [3.63, 3.8) is 0 Å². The summed E-state index contributed by atoms with van der Waals surface area (Å²) >= 11 is 0. The van der Waals surface area contributed by atoms with Gasteiger partial charge in [0.05, 0.1) is 0 Å². The predicted molar refractivity (Wildman–Crippen MR) is 80.2 cm³/mol. The molecule has 1 atom stereocenters. The van der Waals surface area contributed by atoms with Crippen molar-refractivity contribution < 1.29 is 18.3 Å². The summed E-state index contributed by atoms with van der Waals surface area (Å²) in [5, 5.41) is 3.36. The highest BCUT2D eigenvalue weighted by molar-refractivity contribution is 5.68. The summed E-state index contributed by atoms with van der Waals surface area (Å²) in [7, 11) is 0. The Morgan fingerprint density at radius 3 is 2.50 bits per heavy atom. The molecule has 0 bridgehead atoms. The SMILES string of the molecule is CC(C)(C)OC(=O)N1CCNC(CN2CCC(F)(F)CC2)C1. The first-order valence-electron chi connectivity index (χ1n) is 7.96. The summed E-state index contributed by atoms with van der Waals surface area (Å²) in [4.78, 5) is 15.8. The van der Waals surface area contributed by atoms with Crippen LogP contribution in [0.2, 0.25) is 0 Å². The van der Waals surface area contributed by atoms with Crippen molar-refractivity contribution in [1.82, 2.24) is 15.1 Å². The van der Waals surface area contributed by atoms with E-state index in [0.29, 0.717) is 39.3 Å². The fraction of sp³-hybridized carbons (Fsp3) is 0.933. The van der Waals surface area contributed by atoms with E-state index >= 15 is 0 Å². The molecule has 7 heteroatoms. The number of halogens is 2. The van der Waals surface area contributed by atoms with Gasteiger partial charge in [0.1, 0.15) is 5.60 Å². The van der Waals surface area contributed by atoms with E-state index in [1.807, 2.05) is 25.7 Å².